The molecule has 1 N–H and O–H groups in total. The summed E-state index contributed by atoms with van der Waals surface area (Å²) in [7, 11) is 0. The number of ether oxygens (including phenoxy) is 1. The first-order chi connectivity index (χ1) is 4.20. The summed E-state index contributed by atoms with van der Waals surface area (Å²) in [6.45, 7) is 1.47. The highest BCUT2D eigenvalue weighted by molar-refractivity contribution is 5.80. The number of Topliss-reactive ketones (excluding diaryl/α,β-unsaturated/α-hetero) is 1. The first kappa shape index (κ1) is 6.71. The molecule has 1 saturated heterocycles. The minimum atomic E-state index is -0.709. The zero-order valence-corrected chi connectivity index (χ0v) is 5.33. The second-order valence-electron chi connectivity index (χ2n) is 2.27. The maximum absolute atomic E-state index is 10.6. The van der Waals surface area contributed by atoms with Gasteiger partial charge >= 0.3 is 0 Å². The molecule has 0 aliphatic carbocycles. The van der Waals surface area contributed by atoms with E-state index in [9.17, 15) is 4.79 Å². The molecule has 3 heteroatoms. The van der Waals surface area contributed by atoms with Gasteiger partial charge in [-0.3, -0.25) is 4.79 Å². The Balaban J connectivity index is 2.39. The van der Waals surface area contributed by atoms with Crippen LogP contribution in [0.15, 0.2) is 0 Å². The van der Waals surface area contributed by atoms with Gasteiger partial charge in [-0.05, 0) is 13.3 Å². The van der Waals surface area contributed by atoms with Gasteiger partial charge in [-0.15, -0.1) is 0 Å². The van der Waals surface area contributed by atoms with E-state index in [4.69, 9.17) is 9.84 Å². The average Bonchev–Trinajstić information content (AvgIpc) is 2.14. The lowest BCUT2D eigenvalue weighted by Crippen LogP contribution is -2.17. The molecule has 1 aliphatic heterocycles. The molecule has 1 unspecified atom stereocenters. The predicted molar refractivity (Wildman–Crippen MR) is 30.8 cm³/mol. The number of hydrogen-bond donors (Lipinski definition) is 1. The Bertz CT molecular complexity index is 121. The van der Waals surface area contributed by atoms with Crippen LogP contribution in [0.4, 0.5) is 0 Å². The first-order valence-electron chi connectivity index (χ1n) is 3.04. The summed E-state index contributed by atoms with van der Waals surface area (Å²) < 4.78 is 4.83. The van der Waals surface area contributed by atoms with Gasteiger partial charge in [0.05, 0.1) is 0 Å². The maximum Gasteiger partial charge on any atom is 0.158 e. The molecule has 1 fully saturated rings. The van der Waals surface area contributed by atoms with Crippen LogP contribution in [0.2, 0.25) is 0 Å². The van der Waals surface area contributed by atoms with Gasteiger partial charge < -0.3 is 9.84 Å². The molecule has 0 aromatic carbocycles. The zero-order valence-electron chi connectivity index (χ0n) is 5.33. The molecule has 0 bridgehead atoms. The fourth-order valence-electron chi connectivity index (χ4n) is 0.919. The van der Waals surface area contributed by atoms with Crippen LogP contribution in [-0.2, 0) is 9.53 Å². The van der Waals surface area contributed by atoms with Crippen LogP contribution in [0.5, 0.6) is 0 Å². The van der Waals surface area contributed by atoms with Gasteiger partial charge in [0, 0.05) is 6.42 Å². The Morgan fingerprint density at radius 3 is 2.56 bits per heavy atom. The molecule has 0 spiro atoms. The molecular weight excluding hydrogens is 120 g/mol. The second-order valence-corrected chi connectivity index (χ2v) is 2.27. The SMILES string of the molecule is CC(=O)[C@@H]1CCC(O)O1. The molecule has 0 saturated carbocycles. The van der Waals surface area contributed by atoms with Crippen LogP contribution in [0.3, 0.4) is 0 Å². The normalized spacial score (nSPS) is 34.9. The third kappa shape index (κ3) is 1.50. The maximum atomic E-state index is 10.6. The lowest BCUT2D eigenvalue weighted by molar-refractivity contribution is -0.138. The summed E-state index contributed by atoms with van der Waals surface area (Å²) in [6.07, 6.45) is 0.194. The number of carbonyl (C=O) groups excluding carboxylic acids is 1. The summed E-state index contributed by atoms with van der Waals surface area (Å²) in [4.78, 5) is 10.6. The second kappa shape index (κ2) is 2.45. The Kier molecular flexibility index (Phi) is 1.83. The molecule has 1 heterocycles. The van der Waals surface area contributed by atoms with E-state index in [0.29, 0.717) is 12.8 Å². The zero-order chi connectivity index (χ0) is 6.85. The van der Waals surface area contributed by atoms with Crippen molar-refractivity contribution < 1.29 is 14.6 Å². The molecule has 0 amide bonds. The van der Waals surface area contributed by atoms with E-state index >= 15 is 0 Å². The molecule has 1 aliphatic rings. The summed E-state index contributed by atoms with van der Waals surface area (Å²) in [5.41, 5.74) is 0. The van der Waals surface area contributed by atoms with Crippen molar-refractivity contribution in [3.63, 3.8) is 0 Å². The Morgan fingerprint density at radius 2 is 2.33 bits per heavy atom. The fourth-order valence-corrected chi connectivity index (χ4v) is 0.919. The van der Waals surface area contributed by atoms with Gasteiger partial charge in [-0.1, -0.05) is 0 Å². The van der Waals surface area contributed by atoms with Gasteiger partial charge in [0.25, 0.3) is 0 Å². The van der Waals surface area contributed by atoms with E-state index in [1.54, 1.807) is 0 Å². The molecule has 1 rings (SSSR count). The highest BCUT2D eigenvalue weighted by Crippen LogP contribution is 2.17. The van der Waals surface area contributed by atoms with Crippen LogP contribution >= 0.6 is 0 Å². The van der Waals surface area contributed by atoms with Gasteiger partial charge in [0.2, 0.25) is 0 Å². The van der Waals surface area contributed by atoms with Gasteiger partial charge in [-0.25, -0.2) is 0 Å². The molecule has 0 radical (unpaired) electrons. The summed E-state index contributed by atoms with van der Waals surface area (Å²) >= 11 is 0. The van der Waals surface area contributed by atoms with Crippen molar-refractivity contribution in [2.24, 2.45) is 0 Å². The van der Waals surface area contributed by atoms with Crippen molar-refractivity contribution in [3.05, 3.63) is 0 Å². The van der Waals surface area contributed by atoms with Crippen LogP contribution in [-0.4, -0.2) is 23.3 Å². The minimum absolute atomic E-state index is 0.00606. The molecule has 0 aromatic rings. The number of ketones is 1. The average molecular weight is 130 g/mol. The summed E-state index contributed by atoms with van der Waals surface area (Å²) in [6, 6.07) is 0. The van der Waals surface area contributed by atoms with Gasteiger partial charge in [0.15, 0.2) is 12.1 Å². The molecule has 3 nitrogen and oxygen atoms in total. The van der Waals surface area contributed by atoms with Crippen molar-refractivity contribution >= 4 is 5.78 Å². The molecule has 2 atom stereocenters. The standard InChI is InChI=1S/C6H10O3/c1-4(7)5-2-3-6(8)9-5/h5-6,8H,2-3H2,1H3/t5-,6?/m0/s1. The quantitative estimate of drug-likeness (QED) is 0.546. The number of rotatable bonds is 1. The summed E-state index contributed by atoms with van der Waals surface area (Å²) in [5.74, 6) is 0.00606. The monoisotopic (exact) mass is 130 g/mol. The van der Waals surface area contributed by atoms with E-state index in [0.717, 1.165) is 0 Å². The van der Waals surface area contributed by atoms with Crippen molar-refractivity contribution in [2.75, 3.05) is 0 Å². The summed E-state index contributed by atoms with van der Waals surface area (Å²) in [5, 5.41) is 8.77. The number of aliphatic hydroxyl groups excluding tert-OH is 1. The Morgan fingerprint density at radius 1 is 1.67 bits per heavy atom. The van der Waals surface area contributed by atoms with E-state index < -0.39 is 6.29 Å². The Labute approximate surface area is 53.6 Å². The number of aliphatic hydroxyl groups is 1. The molecule has 0 aromatic heterocycles. The van der Waals surface area contributed by atoms with Crippen LogP contribution < -0.4 is 0 Å². The van der Waals surface area contributed by atoms with E-state index in [2.05, 4.69) is 0 Å². The highest BCUT2D eigenvalue weighted by Gasteiger charge is 2.26. The number of hydrogen-bond acceptors (Lipinski definition) is 3. The third-order valence-electron chi connectivity index (χ3n) is 1.45. The van der Waals surface area contributed by atoms with Crippen molar-refractivity contribution in [3.8, 4) is 0 Å². The van der Waals surface area contributed by atoms with Crippen LogP contribution in [0, 0.1) is 0 Å². The lowest BCUT2D eigenvalue weighted by Gasteiger charge is -2.04. The van der Waals surface area contributed by atoms with Crippen molar-refractivity contribution in [1.29, 1.82) is 0 Å². The van der Waals surface area contributed by atoms with E-state index in [-0.39, 0.29) is 11.9 Å². The van der Waals surface area contributed by atoms with Gasteiger partial charge in [0.1, 0.15) is 6.10 Å². The number of carbonyl (C=O) groups is 1. The van der Waals surface area contributed by atoms with E-state index in [1.807, 2.05) is 0 Å². The lowest BCUT2D eigenvalue weighted by atomic mass is 10.2. The van der Waals surface area contributed by atoms with Crippen molar-refractivity contribution in [1.82, 2.24) is 0 Å². The largest absolute Gasteiger partial charge is 0.368 e. The van der Waals surface area contributed by atoms with Crippen LogP contribution in [0.25, 0.3) is 0 Å². The first-order valence-corrected chi connectivity index (χ1v) is 3.04. The van der Waals surface area contributed by atoms with Crippen LogP contribution in [0.1, 0.15) is 19.8 Å². The topological polar surface area (TPSA) is 46.5 Å². The smallest absolute Gasteiger partial charge is 0.158 e. The predicted octanol–water partition coefficient (Wildman–Crippen LogP) is 0.0728. The molecule has 9 heavy (non-hydrogen) atoms. The third-order valence-corrected chi connectivity index (χ3v) is 1.45. The van der Waals surface area contributed by atoms with E-state index in [1.165, 1.54) is 6.92 Å². The van der Waals surface area contributed by atoms with Crippen molar-refractivity contribution in [2.45, 2.75) is 32.2 Å². The highest BCUT2D eigenvalue weighted by atomic mass is 16.6. The fraction of sp³-hybridized carbons (Fsp3) is 0.833. The van der Waals surface area contributed by atoms with Gasteiger partial charge in [-0.2, -0.15) is 0 Å². The minimum Gasteiger partial charge on any atom is -0.368 e. The molecular formula is C6H10O3. The Hall–Kier alpha value is -0.410. The molecule has 52 valence electrons.